The summed E-state index contributed by atoms with van der Waals surface area (Å²) in [7, 11) is 0. The van der Waals surface area contributed by atoms with Crippen molar-refractivity contribution in [1.29, 1.82) is 0 Å². The highest BCUT2D eigenvalue weighted by Crippen LogP contribution is 2.20. The van der Waals surface area contributed by atoms with Gasteiger partial charge in [-0.15, -0.1) is 0 Å². The van der Waals surface area contributed by atoms with Crippen molar-refractivity contribution in [2.45, 2.75) is 13.5 Å². The summed E-state index contributed by atoms with van der Waals surface area (Å²) in [5.41, 5.74) is 3.12. The Morgan fingerprint density at radius 3 is 2.83 bits per heavy atom. The zero-order chi connectivity index (χ0) is 9.14. The standard InChI is InChI=1S/C8H9ClFNO/c1-5-6(4-11-12)2-3-7(9)8(5)10/h2-3,11-12H,4H2,1H3. The van der Waals surface area contributed by atoms with Crippen molar-refractivity contribution in [2.75, 3.05) is 0 Å². The second-order valence-electron chi connectivity index (χ2n) is 2.48. The molecule has 2 N–H and O–H groups in total. The highest BCUT2D eigenvalue weighted by atomic mass is 35.5. The molecule has 0 aliphatic heterocycles. The van der Waals surface area contributed by atoms with Crippen LogP contribution in [-0.4, -0.2) is 5.21 Å². The molecule has 0 saturated carbocycles. The van der Waals surface area contributed by atoms with E-state index in [2.05, 4.69) is 0 Å². The zero-order valence-electron chi connectivity index (χ0n) is 6.56. The smallest absolute Gasteiger partial charge is 0.145 e. The lowest BCUT2D eigenvalue weighted by Gasteiger charge is -2.05. The Morgan fingerprint density at radius 1 is 1.58 bits per heavy atom. The van der Waals surface area contributed by atoms with Crippen LogP contribution < -0.4 is 5.48 Å². The lowest BCUT2D eigenvalue weighted by molar-refractivity contribution is 0.161. The molecule has 0 aliphatic rings. The molecule has 0 aromatic heterocycles. The molecule has 66 valence electrons. The molecule has 0 radical (unpaired) electrons. The molecule has 12 heavy (non-hydrogen) atoms. The SMILES string of the molecule is Cc1c(CNO)ccc(Cl)c1F. The summed E-state index contributed by atoms with van der Waals surface area (Å²) >= 11 is 5.53. The van der Waals surface area contributed by atoms with E-state index in [4.69, 9.17) is 16.8 Å². The van der Waals surface area contributed by atoms with E-state index in [1.807, 2.05) is 5.48 Å². The summed E-state index contributed by atoms with van der Waals surface area (Å²) in [6.07, 6.45) is 0. The van der Waals surface area contributed by atoms with Crippen LogP contribution in [0.15, 0.2) is 12.1 Å². The van der Waals surface area contributed by atoms with Crippen molar-refractivity contribution in [1.82, 2.24) is 5.48 Å². The lowest BCUT2D eigenvalue weighted by Crippen LogP contribution is -2.08. The summed E-state index contributed by atoms with van der Waals surface area (Å²) in [4.78, 5) is 0. The van der Waals surface area contributed by atoms with E-state index in [1.54, 1.807) is 13.0 Å². The highest BCUT2D eigenvalue weighted by Gasteiger charge is 2.06. The second kappa shape index (κ2) is 3.85. The minimum atomic E-state index is -0.426. The molecule has 1 aromatic carbocycles. The van der Waals surface area contributed by atoms with Gasteiger partial charge in [-0.05, 0) is 24.1 Å². The first-order chi connectivity index (χ1) is 5.66. The molecule has 1 aromatic rings. The average molecular weight is 190 g/mol. The molecule has 0 amide bonds. The van der Waals surface area contributed by atoms with E-state index >= 15 is 0 Å². The summed E-state index contributed by atoms with van der Waals surface area (Å²) in [6, 6.07) is 3.14. The molecular formula is C8H9ClFNO. The van der Waals surface area contributed by atoms with Crippen molar-refractivity contribution >= 4 is 11.6 Å². The van der Waals surface area contributed by atoms with E-state index in [1.165, 1.54) is 6.07 Å². The molecule has 2 nitrogen and oxygen atoms in total. The first-order valence-electron chi connectivity index (χ1n) is 3.47. The van der Waals surface area contributed by atoms with Gasteiger partial charge in [0.1, 0.15) is 5.82 Å². The van der Waals surface area contributed by atoms with Crippen LogP contribution in [0, 0.1) is 12.7 Å². The van der Waals surface area contributed by atoms with Crippen LogP contribution in [-0.2, 0) is 6.54 Å². The summed E-state index contributed by atoms with van der Waals surface area (Å²) in [6.45, 7) is 1.84. The first-order valence-corrected chi connectivity index (χ1v) is 3.85. The predicted molar refractivity (Wildman–Crippen MR) is 44.8 cm³/mol. The number of hydrogen-bond acceptors (Lipinski definition) is 2. The Morgan fingerprint density at radius 2 is 2.25 bits per heavy atom. The molecule has 0 bridgehead atoms. The first kappa shape index (κ1) is 9.45. The minimum Gasteiger partial charge on any atom is -0.316 e. The Kier molecular flexibility index (Phi) is 3.03. The maximum atomic E-state index is 13.1. The van der Waals surface area contributed by atoms with Crippen molar-refractivity contribution in [3.8, 4) is 0 Å². The largest absolute Gasteiger partial charge is 0.316 e. The zero-order valence-corrected chi connectivity index (χ0v) is 7.32. The quantitative estimate of drug-likeness (QED) is 0.700. The molecule has 1 rings (SSSR count). The Bertz CT molecular complexity index is 291. The molecule has 0 atom stereocenters. The fourth-order valence-corrected chi connectivity index (χ4v) is 1.17. The Balaban J connectivity index is 3.08. The number of rotatable bonds is 2. The van der Waals surface area contributed by atoms with Gasteiger partial charge in [0.15, 0.2) is 0 Å². The van der Waals surface area contributed by atoms with Crippen molar-refractivity contribution < 1.29 is 9.60 Å². The Labute approximate surface area is 74.9 Å². The van der Waals surface area contributed by atoms with E-state index in [9.17, 15) is 4.39 Å². The maximum absolute atomic E-state index is 13.1. The predicted octanol–water partition coefficient (Wildman–Crippen LogP) is 2.27. The van der Waals surface area contributed by atoms with Gasteiger partial charge in [0.25, 0.3) is 0 Å². The summed E-state index contributed by atoms with van der Waals surface area (Å²) < 4.78 is 13.1. The number of halogens is 2. The van der Waals surface area contributed by atoms with Crippen molar-refractivity contribution in [3.05, 3.63) is 34.1 Å². The van der Waals surface area contributed by atoms with Crippen LogP contribution in [0.5, 0.6) is 0 Å². The van der Waals surface area contributed by atoms with Gasteiger partial charge < -0.3 is 5.21 Å². The van der Waals surface area contributed by atoms with E-state index < -0.39 is 5.82 Å². The third-order valence-electron chi connectivity index (χ3n) is 1.72. The molecule has 0 fully saturated rings. The number of benzene rings is 1. The van der Waals surface area contributed by atoms with Gasteiger partial charge in [-0.25, -0.2) is 9.87 Å². The fourth-order valence-electron chi connectivity index (χ4n) is 0.969. The molecule has 0 unspecified atom stereocenters. The Hall–Kier alpha value is -0.640. The van der Waals surface area contributed by atoms with Gasteiger partial charge in [-0.2, -0.15) is 0 Å². The van der Waals surface area contributed by atoms with Crippen molar-refractivity contribution in [3.63, 3.8) is 0 Å². The summed E-state index contributed by atoms with van der Waals surface area (Å²) in [5, 5.41) is 8.50. The van der Waals surface area contributed by atoms with Crippen molar-refractivity contribution in [2.24, 2.45) is 0 Å². The molecule has 0 saturated heterocycles. The van der Waals surface area contributed by atoms with E-state index in [0.29, 0.717) is 11.1 Å². The average Bonchev–Trinajstić information content (AvgIpc) is 2.07. The topological polar surface area (TPSA) is 32.3 Å². The van der Waals surface area contributed by atoms with E-state index in [0.717, 1.165) is 0 Å². The van der Waals surface area contributed by atoms with Gasteiger partial charge in [0.05, 0.1) is 5.02 Å². The minimum absolute atomic E-state index is 0.106. The van der Waals surface area contributed by atoms with Gasteiger partial charge in [0.2, 0.25) is 0 Å². The molecule has 0 aliphatic carbocycles. The third-order valence-corrected chi connectivity index (χ3v) is 2.01. The van der Waals surface area contributed by atoms with Gasteiger partial charge in [-0.1, -0.05) is 17.7 Å². The molecule has 0 heterocycles. The molecule has 0 spiro atoms. The monoisotopic (exact) mass is 189 g/mol. The second-order valence-corrected chi connectivity index (χ2v) is 2.89. The normalized spacial score (nSPS) is 10.3. The number of nitrogens with one attached hydrogen (secondary N) is 1. The fraction of sp³-hybridized carbons (Fsp3) is 0.250. The van der Waals surface area contributed by atoms with Crippen LogP contribution >= 0.6 is 11.6 Å². The lowest BCUT2D eigenvalue weighted by atomic mass is 10.1. The van der Waals surface area contributed by atoms with Gasteiger partial charge in [-0.3, -0.25) is 0 Å². The van der Waals surface area contributed by atoms with E-state index in [-0.39, 0.29) is 11.6 Å². The number of hydroxylamine groups is 1. The van der Waals surface area contributed by atoms with Gasteiger partial charge >= 0.3 is 0 Å². The van der Waals surface area contributed by atoms with Crippen LogP contribution in [0.1, 0.15) is 11.1 Å². The molecular weight excluding hydrogens is 181 g/mol. The van der Waals surface area contributed by atoms with Gasteiger partial charge in [0, 0.05) is 6.54 Å². The highest BCUT2D eigenvalue weighted by molar-refractivity contribution is 6.30. The summed E-state index contributed by atoms with van der Waals surface area (Å²) in [5.74, 6) is -0.426. The van der Waals surface area contributed by atoms with Crippen LogP contribution in [0.4, 0.5) is 4.39 Å². The number of hydrogen-bond donors (Lipinski definition) is 2. The third kappa shape index (κ3) is 1.75. The molecule has 4 heteroatoms. The van der Waals surface area contributed by atoms with Crippen LogP contribution in [0.25, 0.3) is 0 Å². The van der Waals surface area contributed by atoms with Crippen LogP contribution in [0.2, 0.25) is 5.02 Å². The van der Waals surface area contributed by atoms with Crippen LogP contribution in [0.3, 0.4) is 0 Å². The maximum Gasteiger partial charge on any atom is 0.145 e.